The van der Waals surface area contributed by atoms with Crippen LogP contribution in [0.1, 0.15) is 5.56 Å². The first-order chi connectivity index (χ1) is 12.0. The molecule has 0 spiro atoms. The van der Waals surface area contributed by atoms with Crippen LogP contribution in [0.25, 0.3) is 0 Å². The van der Waals surface area contributed by atoms with E-state index in [0.717, 1.165) is 5.56 Å². The first-order valence-corrected chi connectivity index (χ1v) is 8.13. The molecule has 1 heterocycles. The summed E-state index contributed by atoms with van der Waals surface area (Å²) in [6, 6.07) is 10.7. The predicted molar refractivity (Wildman–Crippen MR) is 97.6 cm³/mol. The highest BCUT2D eigenvalue weighted by Gasteiger charge is 2.10. The van der Waals surface area contributed by atoms with Gasteiger partial charge in [-0.25, -0.2) is 18.7 Å². The van der Waals surface area contributed by atoms with Crippen LogP contribution < -0.4 is 16.4 Å². The summed E-state index contributed by atoms with van der Waals surface area (Å²) in [5.41, 5.74) is 7.43. The van der Waals surface area contributed by atoms with Gasteiger partial charge in [0.05, 0.1) is 5.69 Å². The van der Waals surface area contributed by atoms with E-state index in [-0.39, 0.29) is 23.0 Å². The van der Waals surface area contributed by atoms with E-state index in [1.54, 1.807) is 24.3 Å². The zero-order chi connectivity index (χ0) is 17.8. The smallest absolute Gasteiger partial charge is 0.159 e. The van der Waals surface area contributed by atoms with Gasteiger partial charge in [-0.1, -0.05) is 28.1 Å². The zero-order valence-corrected chi connectivity index (χ0v) is 14.5. The highest BCUT2D eigenvalue weighted by molar-refractivity contribution is 9.10. The SMILES string of the molecule is Nc1c(NCc2ccc(F)cc2)ncnc1Nc1ccc(Br)cc1F. The van der Waals surface area contributed by atoms with E-state index in [2.05, 4.69) is 36.5 Å². The summed E-state index contributed by atoms with van der Waals surface area (Å²) in [5.74, 6) is -0.0429. The highest BCUT2D eigenvalue weighted by atomic mass is 79.9. The summed E-state index contributed by atoms with van der Waals surface area (Å²) in [6.45, 7) is 0.410. The van der Waals surface area contributed by atoms with E-state index >= 15 is 0 Å². The number of hydrogen-bond donors (Lipinski definition) is 3. The minimum Gasteiger partial charge on any atom is -0.393 e. The molecule has 0 saturated carbocycles. The molecule has 3 aromatic rings. The van der Waals surface area contributed by atoms with Crippen molar-refractivity contribution in [2.75, 3.05) is 16.4 Å². The molecule has 0 aliphatic heterocycles. The lowest BCUT2D eigenvalue weighted by atomic mass is 10.2. The number of nitrogens with one attached hydrogen (secondary N) is 2. The fourth-order valence-electron chi connectivity index (χ4n) is 2.14. The van der Waals surface area contributed by atoms with E-state index < -0.39 is 5.82 Å². The third-order valence-corrected chi connectivity index (χ3v) is 3.93. The molecule has 0 aliphatic carbocycles. The Bertz CT molecular complexity index is 887. The maximum absolute atomic E-state index is 13.9. The Kier molecular flexibility index (Phi) is 5.08. The van der Waals surface area contributed by atoms with Crippen LogP contribution in [0.4, 0.5) is 31.8 Å². The number of benzene rings is 2. The lowest BCUT2D eigenvalue weighted by molar-refractivity contribution is 0.627. The minimum absolute atomic E-state index is 0.248. The van der Waals surface area contributed by atoms with E-state index in [1.165, 1.54) is 24.5 Å². The van der Waals surface area contributed by atoms with Crippen molar-refractivity contribution in [3.8, 4) is 0 Å². The third kappa shape index (κ3) is 4.21. The van der Waals surface area contributed by atoms with Crippen LogP contribution in [-0.4, -0.2) is 9.97 Å². The molecule has 0 unspecified atom stereocenters. The van der Waals surface area contributed by atoms with Crippen LogP contribution in [0, 0.1) is 11.6 Å². The van der Waals surface area contributed by atoms with E-state index in [0.29, 0.717) is 16.8 Å². The van der Waals surface area contributed by atoms with Gasteiger partial charge in [-0.15, -0.1) is 0 Å². The maximum atomic E-state index is 13.9. The Morgan fingerprint density at radius 2 is 1.72 bits per heavy atom. The van der Waals surface area contributed by atoms with E-state index in [9.17, 15) is 8.78 Å². The molecule has 0 amide bonds. The quantitative estimate of drug-likeness (QED) is 0.584. The van der Waals surface area contributed by atoms with Crippen LogP contribution in [0.2, 0.25) is 0 Å². The van der Waals surface area contributed by atoms with E-state index in [4.69, 9.17) is 5.73 Å². The van der Waals surface area contributed by atoms with Crippen LogP contribution in [0.15, 0.2) is 53.3 Å². The molecule has 0 fully saturated rings. The summed E-state index contributed by atoms with van der Waals surface area (Å²) in [6.07, 6.45) is 1.32. The summed E-state index contributed by atoms with van der Waals surface area (Å²) < 4.78 is 27.5. The summed E-state index contributed by atoms with van der Waals surface area (Å²) >= 11 is 3.20. The average molecular weight is 406 g/mol. The van der Waals surface area contributed by atoms with Gasteiger partial charge in [0.15, 0.2) is 11.6 Å². The first-order valence-electron chi connectivity index (χ1n) is 7.34. The molecule has 0 saturated heterocycles. The monoisotopic (exact) mass is 405 g/mol. The lowest BCUT2D eigenvalue weighted by Gasteiger charge is -2.13. The molecule has 2 aromatic carbocycles. The third-order valence-electron chi connectivity index (χ3n) is 3.44. The van der Waals surface area contributed by atoms with Crippen molar-refractivity contribution in [3.05, 3.63) is 70.5 Å². The van der Waals surface area contributed by atoms with Crippen molar-refractivity contribution < 1.29 is 8.78 Å². The van der Waals surface area contributed by atoms with Gasteiger partial charge in [0.25, 0.3) is 0 Å². The van der Waals surface area contributed by atoms with Gasteiger partial charge in [0, 0.05) is 11.0 Å². The molecule has 0 atom stereocenters. The van der Waals surface area contributed by atoms with Crippen molar-refractivity contribution in [3.63, 3.8) is 0 Å². The van der Waals surface area contributed by atoms with Gasteiger partial charge < -0.3 is 16.4 Å². The van der Waals surface area contributed by atoms with Crippen LogP contribution in [0.5, 0.6) is 0 Å². The largest absolute Gasteiger partial charge is 0.393 e. The normalized spacial score (nSPS) is 10.5. The second kappa shape index (κ2) is 7.43. The Balaban J connectivity index is 1.76. The number of anilines is 4. The van der Waals surface area contributed by atoms with Crippen molar-refractivity contribution >= 4 is 38.9 Å². The molecule has 4 N–H and O–H groups in total. The fourth-order valence-corrected chi connectivity index (χ4v) is 2.48. The van der Waals surface area contributed by atoms with Crippen molar-refractivity contribution in [1.29, 1.82) is 0 Å². The molecule has 0 aliphatic rings. The number of hydrogen-bond acceptors (Lipinski definition) is 5. The molecule has 25 heavy (non-hydrogen) atoms. The summed E-state index contributed by atoms with van der Waals surface area (Å²) in [5, 5.41) is 5.91. The Morgan fingerprint density at radius 3 is 2.44 bits per heavy atom. The Morgan fingerprint density at radius 1 is 1.00 bits per heavy atom. The van der Waals surface area contributed by atoms with Crippen LogP contribution in [0.3, 0.4) is 0 Å². The molecular formula is C17H14BrF2N5. The molecule has 0 bridgehead atoms. The number of halogens is 3. The number of rotatable bonds is 5. The highest BCUT2D eigenvalue weighted by Crippen LogP contribution is 2.28. The van der Waals surface area contributed by atoms with Crippen LogP contribution in [-0.2, 0) is 6.54 Å². The molecule has 1 aromatic heterocycles. The zero-order valence-electron chi connectivity index (χ0n) is 12.9. The Hall–Kier alpha value is -2.74. The molecular weight excluding hydrogens is 392 g/mol. The standard InChI is InChI=1S/C17H14BrF2N5/c18-11-3-6-14(13(20)7-11)25-17-15(21)16(23-9-24-17)22-8-10-1-4-12(19)5-2-10/h1-7,9H,8,21H2,(H2,22,23,24,25). The number of nitrogens with zero attached hydrogens (tertiary/aromatic N) is 2. The van der Waals surface area contributed by atoms with Gasteiger partial charge in [0.2, 0.25) is 0 Å². The molecule has 0 radical (unpaired) electrons. The lowest BCUT2D eigenvalue weighted by Crippen LogP contribution is -2.08. The van der Waals surface area contributed by atoms with Crippen molar-refractivity contribution in [2.45, 2.75) is 6.54 Å². The second-order valence-corrected chi connectivity index (χ2v) is 6.13. The summed E-state index contributed by atoms with van der Waals surface area (Å²) in [4.78, 5) is 8.14. The molecule has 8 heteroatoms. The molecule has 128 valence electrons. The first kappa shape index (κ1) is 17.1. The topological polar surface area (TPSA) is 75.9 Å². The number of aromatic nitrogens is 2. The van der Waals surface area contributed by atoms with Crippen LogP contribution >= 0.6 is 15.9 Å². The number of nitrogens with two attached hydrogens (primary N) is 1. The van der Waals surface area contributed by atoms with Gasteiger partial charge in [-0.05, 0) is 35.9 Å². The maximum Gasteiger partial charge on any atom is 0.159 e. The van der Waals surface area contributed by atoms with Gasteiger partial charge >= 0.3 is 0 Å². The second-order valence-electron chi connectivity index (χ2n) is 5.21. The molecule has 5 nitrogen and oxygen atoms in total. The average Bonchev–Trinajstić information content (AvgIpc) is 2.59. The van der Waals surface area contributed by atoms with Crippen molar-refractivity contribution in [1.82, 2.24) is 9.97 Å². The van der Waals surface area contributed by atoms with Gasteiger partial charge in [0.1, 0.15) is 23.6 Å². The molecule has 3 rings (SSSR count). The summed E-state index contributed by atoms with van der Waals surface area (Å²) in [7, 11) is 0. The fraction of sp³-hybridized carbons (Fsp3) is 0.0588. The minimum atomic E-state index is -0.437. The van der Waals surface area contributed by atoms with Gasteiger partial charge in [-0.2, -0.15) is 0 Å². The van der Waals surface area contributed by atoms with Crippen molar-refractivity contribution in [2.24, 2.45) is 0 Å². The van der Waals surface area contributed by atoms with E-state index in [1.807, 2.05) is 0 Å². The van der Waals surface area contributed by atoms with Gasteiger partial charge in [-0.3, -0.25) is 0 Å². The number of nitrogen functional groups attached to an aromatic ring is 1. The Labute approximate surface area is 151 Å². The predicted octanol–water partition coefficient (Wildman–Crippen LogP) is 4.46.